The van der Waals surface area contributed by atoms with Crippen LogP contribution in [-0.4, -0.2) is 45.4 Å². The summed E-state index contributed by atoms with van der Waals surface area (Å²) in [4.78, 5) is 27.3. The van der Waals surface area contributed by atoms with Crippen molar-refractivity contribution in [3.8, 4) is 22.8 Å². The van der Waals surface area contributed by atoms with Gasteiger partial charge < -0.3 is 15.2 Å². The van der Waals surface area contributed by atoms with Crippen LogP contribution >= 0.6 is 0 Å². The van der Waals surface area contributed by atoms with Gasteiger partial charge in [0.2, 0.25) is 5.82 Å². The summed E-state index contributed by atoms with van der Waals surface area (Å²) in [5.41, 5.74) is 1.47. The number of hydrogen-bond acceptors (Lipinski definition) is 5. The van der Waals surface area contributed by atoms with E-state index in [1.54, 1.807) is 17.9 Å². The largest absolute Gasteiger partial charge is 0.497 e. The van der Waals surface area contributed by atoms with Gasteiger partial charge in [0.25, 0.3) is 5.91 Å². The lowest BCUT2D eigenvalue weighted by Gasteiger charge is -2.07. The highest BCUT2D eigenvalue weighted by molar-refractivity contribution is 5.91. The maximum Gasteiger partial charge on any atom is 0.305 e. The molecule has 138 valence electrons. The monoisotopic (exact) mass is 366 g/mol. The Labute approximate surface area is 155 Å². The average molecular weight is 366 g/mol. The first kappa shape index (κ1) is 18.1. The highest BCUT2D eigenvalue weighted by Gasteiger charge is 2.19. The fourth-order valence-electron chi connectivity index (χ4n) is 2.47. The molecule has 0 fully saturated rings. The minimum absolute atomic E-state index is 0.00252. The maximum absolute atomic E-state index is 12.3. The summed E-state index contributed by atoms with van der Waals surface area (Å²) in [6.07, 6.45) is -0.173. The van der Waals surface area contributed by atoms with Crippen LogP contribution in [0.25, 0.3) is 17.1 Å². The van der Waals surface area contributed by atoms with E-state index >= 15 is 0 Å². The number of amides is 1. The maximum atomic E-state index is 12.3. The topological polar surface area (TPSA) is 106 Å². The van der Waals surface area contributed by atoms with E-state index in [4.69, 9.17) is 9.84 Å². The summed E-state index contributed by atoms with van der Waals surface area (Å²) in [6, 6.07) is 16.6. The van der Waals surface area contributed by atoms with Crippen molar-refractivity contribution in [3.05, 3.63) is 60.4 Å². The Morgan fingerprint density at radius 1 is 1.15 bits per heavy atom. The van der Waals surface area contributed by atoms with E-state index in [2.05, 4.69) is 15.4 Å². The van der Waals surface area contributed by atoms with Crippen LogP contribution in [0.1, 0.15) is 17.0 Å². The molecule has 0 radical (unpaired) electrons. The zero-order valence-electron chi connectivity index (χ0n) is 14.6. The zero-order valence-corrected chi connectivity index (χ0v) is 14.6. The van der Waals surface area contributed by atoms with Crippen molar-refractivity contribution in [2.24, 2.45) is 0 Å². The second-order valence-electron chi connectivity index (χ2n) is 5.64. The summed E-state index contributed by atoms with van der Waals surface area (Å²) < 4.78 is 6.83. The van der Waals surface area contributed by atoms with Crippen LogP contribution in [0.15, 0.2) is 54.6 Å². The first-order valence-electron chi connectivity index (χ1n) is 8.25. The van der Waals surface area contributed by atoms with Crippen molar-refractivity contribution in [1.82, 2.24) is 20.1 Å². The first-order chi connectivity index (χ1) is 13.1. The van der Waals surface area contributed by atoms with Gasteiger partial charge in [0.15, 0.2) is 5.82 Å². The van der Waals surface area contributed by atoms with E-state index < -0.39 is 11.9 Å². The van der Waals surface area contributed by atoms with Gasteiger partial charge >= 0.3 is 5.97 Å². The summed E-state index contributed by atoms with van der Waals surface area (Å²) in [5.74, 6) is -0.432. The standard InChI is InChI=1S/C19H18N4O4/c1-27-15-9-5-6-13(12-15)18-21-17(19(26)20-11-10-16(24)25)22-23(18)14-7-3-2-4-8-14/h2-9,12H,10-11H2,1H3,(H,20,26)(H,24,25). The molecule has 0 saturated carbocycles. The van der Waals surface area contributed by atoms with Crippen LogP contribution in [0, 0.1) is 0 Å². The van der Waals surface area contributed by atoms with E-state index in [-0.39, 0.29) is 18.8 Å². The van der Waals surface area contributed by atoms with Gasteiger partial charge in [-0.05, 0) is 24.3 Å². The summed E-state index contributed by atoms with van der Waals surface area (Å²) in [6.45, 7) is 0.00252. The number of aromatic nitrogens is 3. The highest BCUT2D eigenvalue weighted by Crippen LogP contribution is 2.24. The van der Waals surface area contributed by atoms with Gasteiger partial charge in [-0.2, -0.15) is 0 Å². The summed E-state index contributed by atoms with van der Waals surface area (Å²) in [7, 11) is 1.57. The molecule has 0 aliphatic rings. The minimum Gasteiger partial charge on any atom is -0.497 e. The van der Waals surface area contributed by atoms with E-state index in [0.717, 1.165) is 11.3 Å². The third kappa shape index (κ3) is 4.30. The van der Waals surface area contributed by atoms with Crippen LogP contribution in [0.2, 0.25) is 0 Å². The lowest BCUT2D eigenvalue weighted by atomic mass is 10.2. The molecule has 1 heterocycles. The molecule has 0 saturated heterocycles. The van der Waals surface area contributed by atoms with E-state index in [1.165, 1.54) is 0 Å². The number of carboxylic acid groups (broad SMARTS) is 1. The van der Waals surface area contributed by atoms with Crippen LogP contribution in [-0.2, 0) is 4.79 Å². The SMILES string of the molecule is COc1cccc(-c2nc(C(=O)NCCC(=O)O)nn2-c2ccccc2)c1. The predicted molar refractivity (Wildman–Crippen MR) is 97.9 cm³/mol. The number of aliphatic carboxylic acids is 1. The summed E-state index contributed by atoms with van der Waals surface area (Å²) in [5, 5.41) is 15.5. The van der Waals surface area contributed by atoms with Gasteiger partial charge in [0.1, 0.15) is 5.75 Å². The van der Waals surface area contributed by atoms with Crippen molar-refractivity contribution >= 4 is 11.9 Å². The molecular weight excluding hydrogens is 348 g/mol. The quantitative estimate of drug-likeness (QED) is 0.664. The van der Waals surface area contributed by atoms with Crippen molar-refractivity contribution < 1.29 is 19.4 Å². The predicted octanol–water partition coefficient (Wildman–Crippen LogP) is 2.15. The molecule has 0 spiro atoms. The van der Waals surface area contributed by atoms with Crippen molar-refractivity contribution in [2.45, 2.75) is 6.42 Å². The van der Waals surface area contributed by atoms with Gasteiger partial charge in [-0.25, -0.2) is 9.67 Å². The number of carbonyl (C=O) groups is 2. The van der Waals surface area contributed by atoms with Crippen LogP contribution in [0.5, 0.6) is 5.75 Å². The molecule has 0 aliphatic carbocycles. The van der Waals surface area contributed by atoms with Crippen molar-refractivity contribution in [3.63, 3.8) is 0 Å². The number of para-hydroxylation sites is 1. The molecular formula is C19H18N4O4. The lowest BCUT2D eigenvalue weighted by molar-refractivity contribution is -0.136. The Hall–Kier alpha value is -3.68. The molecule has 3 aromatic rings. The van der Waals surface area contributed by atoms with Crippen LogP contribution < -0.4 is 10.1 Å². The average Bonchev–Trinajstić information content (AvgIpc) is 3.14. The molecule has 3 rings (SSSR count). The fraction of sp³-hybridized carbons (Fsp3) is 0.158. The number of nitrogens with zero attached hydrogens (tertiary/aromatic N) is 3. The normalized spacial score (nSPS) is 10.4. The van der Waals surface area contributed by atoms with Gasteiger partial charge in [-0.15, -0.1) is 5.10 Å². The Bertz CT molecular complexity index is 953. The molecule has 0 atom stereocenters. The number of ether oxygens (including phenoxy) is 1. The van der Waals surface area contributed by atoms with Gasteiger partial charge in [0.05, 0.1) is 19.2 Å². The van der Waals surface area contributed by atoms with E-state index in [0.29, 0.717) is 11.6 Å². The van der Waals surface area contributed by atoms with Crippen molar-refractivity contribution in [2.75, 3.05) is 13.7 Å². The third-order valence-electron chi connectivity index (χ3n) is 3.76. The zero-order chi connectivity index (χ0) is 19.2. The van der Waals surface area contributed by atoms with E-state index in [9.17, 15) is 9.59 Å². The lowest BCUT2D eigenvalue weighted by Crippen LogP contribution is -2.27. The molecule has 1 amide bonds. The molecule has 0 unspecified atom stereocenters. The molecule has 8 heteroatoms. The molecule has 2 aromatic carbocycles. The van der Waals surface area contributed by atoms with Gasteiger partial charge in [-0.1, -0.05) is 30.3 Å². The van der Waals surface area contributed by atoms with Gasteiger partial charge in [0, 0.05) is 12.1 Å². The molecule has 0 bridgehead atoms. The number of benzene rings is 2. The number of methoxy groups -OCH3 is 1. The Balaban J connectivity index is 1.99. The first-order valence-corrected chi connectivity index (χ1v) is 8.25. The Morgan fingerprint density at radius 3 is 2.63 bits per heavy atom. The molecule has 27 heavy (non-hydrogen) atoms. The smallest absolute Gasteiger partial charge is 0.305 e. The fourth-order valence-corrected chi connectivity index (χ4v) is 2.47. The number of carboxylic acids is 1. The molecule has 8 nitrogen and oxygen atoms in total. The summed E-state index contributed by atoms with van der Waals surface area (Å²) >= 11 is 0. The van der Waals surface area contributed by atoms with Crippen molar-refractivity contribution in [1.29, 1.82) is 0 Å². The minimum atomic E-state index is -0.991. The second kappa shape index (κ2) is 8.13. The van der Waals surface area contributed by atoms with E-state index in [1.807, 2.05) is 48.5 Å². The molecule has 0 aliphatic heterocycles. The molecule has 1 aromatic heterocycles. The number of hydrogen-bond donors (Lipinski definition) is 2. The number of nitrogens with one attached hydrogen (secondary N) is 1. The Kier molecular flexibility index (Phi) is 5.46. The van der Waals surface area contributed by atoms with Gasteiger partial charge in [-0.3, -0.25) is 9.59 Å². The van der Waals surface area contributed by atoms with Crippen LogP contribution in [0.4, 0.5) is 0 Å². The highest BCUT2D eigenvalue weighted by atomic mass is 16.5. The number of rotatable bonds is 7. The Morgan fingerprint density at radius 2 is 1.93 bits per heavy atom. The van der Waals surface area contributed by atoms with Crippen LogP contribution in [0.3, 0.4) is 0 Å². The molecule has 2 N–H and O–H groups in total. The number of carbonyl (C=O) groups excluding carboxylic acids is 1. The second-order valence-corrected chi connectivity index (χ2v) is 5.64. The third-order valence-corrected chi connectivity index (χ3v) is 3.76.